The molecule has 0 spiro atoms. The second-order valence-electron chi connectivity index (χ2n) is 10.8. The Bertz CT molecular complexity index is 851. The first-order chi connectivity index (χ1) is 17.5. The standard InChI is InChI=1S/C29H46N4O3/c1-31-21-27(19-23-10-4-3-5-11-23)32-28(34)33-16-9-14-26(22-33)29(35,15-6-7-17-36-2)25-13-8-12-24(18-25)20-30/h8,12-13,18,23,26-27,31,35H,3-7,9-11,14-17,19,21-22H2,1-2H3,(H,32,34). The van der Waals surface area contributed by atoms with Crippen LogP contribution in [0.2, 0.25) is 0 Å². The first-order valence-corrected chi connectivity index (χ1v) is 13.9. The lowest BCUT2D eigenvalue weighted by Gasteiger charge is -2.43. The second-order valence-corrected chi connectivity index (χ2v) is 10.8. The number of benzene rings is 1. The summed E-state index contributed by atoms with van der Waals surface area (Å²) in [6, 6.07) is 9.63. The number of carbonyl (C=O) groups excluding carboxylic acids is 1. The molecule has 1 aliphatic heterocycles. The zero-order valence-electron chi connectivity index (χ0n) is 22.3. The molecule has 7 nitrogen and oxygen atoms in total. The van der Waals surface area contributed by atoms with Crippen molar-refractivity contribution in [3.8, 4) is 6.07 Å². The molecule has 200 valence electrons. The second kappa shape index (κ2) is 14.6. The fourth-order valence-electron chi connectivity index (χ4n) is 6.17. The Kier molecular flexibility index (Phi) is 11.5. The molecule has 3 atom stereocenters. The van der Waals surface area contributed by atoms with Gasteiger partial charge < -0.3 is 25.4 Å². The SMILES string of the molecule is CNCC(CC1CCCCC1)NC(=O)N1CCCC(C(O)(CCCCOC)c2cccc(C#N)c2)C1. The average Bonchev–Trinajstić information content (AvgIpc) is 2.91. The van der Waals surface area contributed by atoms with E-state index in [1.165, 1.54) is 32.1 Å². The molecule has 2 fully saturated rings. The van der Waals surface area contributed by atoms with Crippen molar-refractivity contribution in [1.29, 1.82) is 5.26 Å². The smallest absolute Gasteiger partial charge is 0.317 e. The topological polar surface area (TPSA) is 97.6 Å². The largest absolute Gasteiger partial charge is 0.385 e. The minimum absolute atomic E-state index is 0.0248. The highest BCUT2D eigenvalue weighted by Crippen LogP contribution is 2.40. The van der Waals surface area contributed by atoms with Gasteiger partial charge in [-0.3, -0.25) is 0 Å². The highest BCUT2D eigenvalue weighted by molar-refractivity contribution is 5.74. The van der Waals surface area contributed by atoms with Crippen LogP contribution in [0.4, 0.5) is 4.79 Å². The molecule has 36 heavy (non-hydrogen) atoms. The molecule has 2 amide bonds. The van der Waals surface area contributed by atoms with E-state index in [9.17, 15) is 15.2 Å². The van der Waals surface area contributed by atoms with Crippen molar-refractivity contribution in [2.75, 3.05) is 40.4 Å². The maximum atomic E-state index is 13.4. The Hall–Kier alpha value is -2.14. The molecular formula is C29H46N4O3. The van der Waals surface area contributed by atoms with Crippen LogP contribution < -0.4 is 10.6 Å². The molecule has 1 heterocycles. The Morgan fingerprint density at radius 1 is 1.25 bits per heavy atom. The lowest BCUT2D eigenvalue weighted by atomic mass is 9.74. The van der Waals surface area contributed by atoms with Crippen LogP contribution in [0.3, 0.4) is 0 Å². The first kappa shape index (κ1) is 28.4. The van der Waals surface area contributed by atoms with E-state index in [1.807, 2.05) is 30.1 Å². The molecule has 1 saturated heterocycles. The van der Waals surface area contributed by atoms with Gasteiger partial charge >= 0.3 is 6.03 Å². The number of amides is 2. The van der Waals surface area contributed by atoms with Crippen LogP contribution in [0.5, 0.6) is 0 Å². The van der Waals surface area contributed by atoms with E-state index in [2.05, 4.69) is 16.7 Å². The molecule has 1 aromatic rings. The number of ether oxygens (including phenoxy) is 1. The fraction of sp³-hybridized carbons (Fsp3) is 0.724. The van der Waals surface area contributed by atoms with E-state index >= 15 is 0 Å². The monoisotopic (exact) mass is 498 g/mol. The van der Waals surface area contributed by atoms with Gasteiger partial charge in [-0.05, 0) is 69.2 Å². The number of piperidine rings is 1. The predicted octanol–water partition coefficient (Wildman–Crippen LogP) is 4.54. The van der Waals surface area contributed by atoms with Gasteiger partial charge in [-0.2, -0.15) is 5.26 Å². The van der Waals surface area contributed by atoms with Crippen molar-refractivity contribution in [2.45, 2.75) is 82.3 Å². The van der Waals surface area contributed by atoms with Crippen LogP contribution in [0, 0.1) is 23.2 Å². The van der Waals surface area contributed by atoms with Gasteiger partial charge in [0.2, 0.25) is 0 Å². The van der Waals surface area contributed by atoms with Crippen LogP contribution in [0.1, 0.15) is 81.8 Å². The van der Waals surface area contributed by atoms with Gasteiger partial charge in [0.25, 0.3) is 0 Å². The van der Waals surface area contributed by atoms with Gasteiger partial charge in [-0.25, -0.2) is 4.79 Å². The first-order valence-electron chi connectivity index (χ1n) is 13.9. The molecule has 0 bridgehead atoms. The van der Waals surface area contributed by atoms with Gasteiger partial charge in [0.15, 0.2) is 0 Å². The third-order valence-electron chi connectivity index (χ3n) is 8.15. The molecule has 0 aromatic heterocycles. The fourth-order valence-corrected chi connectivity index (χ4v) is 6.17. The van der Waals surface area contributed by atoms with Crippen LogP contribution >= 0.6 is 0 Å². The molecule has 1 saturated carbocycles. The van der Waals surface area contributed by atoms with Crippen LogP contribution in [0.25, 0.3) is 0 Å². The summed E-state index contributed by atoms with van der Waals surface area (Å²) in [5.74, 6) is 0.602. The van der Waals surface area contributed by atoms with Crippen LogP contribution in [-0.4, -0.2) is 62.5 Å². The molecule has 1 aromatic carbocycles. The Labute approximate surface area is 217 Å². The minimum atomic E-state index is -1.09. The van der Waals surface area contributed by atoms with Crippen molar-refractivity contribution in [1.82, 2.24) is 15.5 Å². The minimum Gasteiger partial charge on any atom is -0.385 e. The van der Waals surface area contributed by atoms with E-state index in [0.717, 1.165) is 44.2 Å². The number of rotatable bonds is 12. The summed E-state index contributed by atoms with van der Waals surface area (Å²) in [4.78, 5) is 15.3. The van der Waals surface area contributed by atoms with E-state index in [0.29, 0.717) is 37.6 Å². The summed E-state index contributed by atoms with van der Waals surface area (Å²) in [5.41, 5.74) is 0.230. The Morgan fingerprint density at radius 3 is 2.78 bits per heavy atom. The summed E-state index contributed by atoms with van der Waals surface area (Å²) < 4.78 is 5.21. The number of likely N-dealkylation sites (tertiary alicyclic amines) is 1. The lowest BCUT2D eigenvalue weighted by molar-refractivity contribution is -0.0564. The van der Waals surface area contributed by atoms with Crippen molar-refractivity contribution < 1.29 is 14.6 Å². The van der Waals surface area contributed by atoms with E-state index in [4.69, 9.17) is 4.74 Å². The third kappa shape index (κ3) is 7.93. The Morgan fingerprint density at radius 2 is 2.06 bits per heavy atom. The summed E-state index contributed by atoms with van der Waals surface area (Å²) in [7, 11) is 3.63. The number of unbranched alkanes of at least 4 members (excludes halogenated alkanes) is 1. The van der Waals surface area contributed by atoms with E-state index in [-0.39, 0.29) is 18.0 Å². The number of likely N-dealkylation sites (N-methyl/N-ethyl adjacent to an activating group) is 1. The van der Waals surface area contributed by atoms with Gasteiger partial charge in [-0.1, -0.05) is 44.2 Å². The molecule has 3 N–H and O–H groups in total. The zero-order valence-corrected chi connectivity index (χ0v) is 22.3. The molecule has 2 aliphatic rings. The summed E-state index contributed by atoms with van der Waals surface area (Å²) in [6.07, 6.45) is 11.4. The molecule has 3 unspecified atom stereocenters. The number of hydrogen-bond donors (Lipinski definition) is 3. The zero-order chi connectivity index (χ0) is 25.8. The highest BCUT2D eigenvalue weighted by atomic mass is 16.5. The number of hydrogen-bond acceptors (Lipinski definition) is 5. The molecule has 7 heteroatoms. The van der Waals surface area contributed by atoms with Gasteiger partial charge in [0, 0.05) is 45.3 Å². The maximum Gasteiger partial charge on any atom is 0.317 e. The number of urea groups is 1. The van der Waals surface area contributed by atoms with Crippen molar-refractivity contribution in [3.63, 3.8) is 0 Å². The molecule has 3 rings (SSSR count). The van der Waals surface area contributed by atoms with E-state index in [1.54, 1.807) is 13.2 Å². The lowest BCUT2D eigenvalue weighted by Crippen LogP contribution is -2.54. The van der Waals surface area contributed by atoms with Crippen LogP contribution in [0.15, 0.2) is 24.3 Å². The van der Waals surface area contributed by atoms with Crippen molar-refractivity contribution in [2.24, 2.45) is 11.8 Å². The number of carbonyl (C=O) groups is 1. The van der Waals surface area contributed by atoms with E-state index < -0.39 is 5.60 Å². The summed E-state index contributed by atoms with van der Waals surface area (Å²) in [6.45, 7) is 2.64. The number of nitrogens with zero attached hydrogens (tertiary/aromatic N) is 2. The van der Waals surface area contributed by atoms with Crippen LogP contribution in [-0.2, 0) is 10.3 Å². The van der Waals surface area contributed by atoms with Crippen molar-refractivity contribution >= 4 is 6.03 Å². The number of methoxy groups -OCH3 is 1. The number of nitriles is 1. The molecular weight excluding hydrogens is 452 g/mol. The number of aliphatic hydroxyl groups is 1. The van der Waals surface area contributed by atoms with Gasteiger partial charge in [0.05, 0.1) is 17.2 Å². The average molecular weight is 499 g/mol. The normalized spacial score (nSPS) is 21.4. The summed E-state index contributed by atoms with van der Waals surface area (Å²) >= 11 is 0. The third-order valence-corrected chi connectivity index (χ3v) is 8.15. The molecule has 0 radical (unpaired) electrons. The number of nitrogens with one attached hydrogen (secondary N) is 2. The maximum absolute atomic E-state index is 13.4. The highest BCUT2D eigenvalue weighted by Gasteiger charge is 2.41. The molecule has 1 aliphatic carbocycles. The summed E-state index contributed by atoms with van der Waals surface area (Å²) in [5, 5.41) is 28.1. The van der Waals surface area contributed by atoms with Gasteiger partial charge in [-0.15, -0.1) is 0 Å². The van der Waals surface area contributed by atoms with Gasteiger partial charge in [0.1, 0.15) is 0 Å². The predicted molar refractivity (Wildman–Crippen MR) is 143 cm³/mol. The van der Waals surface area contributed by atoms with Crippen molar-refractivity contribution in [3.05, 3.63) is 35.4 Å². The Balaban J connectivity index is 1.70. The quantitative estimate of drug-likeness (QED) is 0.368.